The summed E-state index contributed by atoms with van der Waals surface area (Å²) in [6.45, 7) is 0. The van der Waals surface area contributed by atoms with E-state index in [9.17, 15) is 9.59 Å². The van der Waals surface area contributed by atoms with E-state index < -0.39 is 5.69 Å². The standard InChI is InChI=1S/C17H16N2O3S/c1-22-11-6-4-5-10(9-11)19-16(20)14-12-7-2-3-8-13(12)23-15(14)18-17(19)21/h4-6,9H,2-3,7-8H2,1H3,(H,18,21). The van der Waals surface area contributed by atoms with Gasteiger partial charge in [0.15, 0.2) is 0 Å². The van der Waals surface area contributed by atoms with Crippen LogP contribution in [0.5, 0.6) is 5.75 Å². The molecule has 4 rings (SSSR count). The number of benzene rings is 1. The molecule has 3 aromatic rings. The Morgan fingerprint density at radius 1 is 1.22 bits per heavy atom. The molecule has 2 heterocycles. The molecule has 0 bridgehead atoms. The highest BCUT2D eigenvalue weighted by atomic mass is 32.1. The maximum atomic E-state index is 13.0. The number of rotatable bonds is 2. The molecule has 0 spiro atoms. The Balaban J connectivity index is 2.04. The van der Waals surface area contributed by atoms with E-state index in [0.717, 1.165) is 31.2 Å². The number of hydrogen-bond donors (Lipinski definition) is 1. The zero-order valence-corrected chi connectivity index (χ0v) is 13.5. The average Bonchev–Trinajstić information content (AvgIpc) is 2.93. The summed E-state index contributed by atoms with van der Waals surface area (Å²) >= 11 is 1.55. The molecule has 118 valence electrons. The van der Waals surface area contributed by atoms with Crippen LogP contribution in [0.1, 0.15) is 23.3 Å². The number of aromatic amines is 1. The van der Waals surface area contributed by atoms with Crippen molar-refractivity contribution in [3.8, 4) is 11.4 Å². The third kappa shape index (κ3) is 2.21. The number of nitrogens with zero attached hydrogens (tertiary/aromatic N) is 1. The van der Waals surface area contributed by atoms with Gasteiger partial charge in [0.05, 0.1) is 18.2 Å². The topological polar surface area (TPSA) is 64.1 Å². The Morgan fingerprint density at radius 2 is 2.04 bits per heavy atom. The maximum absolute atomic E-state index is 13.0. The lowest BCUT2D eigenvalue weighted by Crippen LogP contribution is -2.33. The van der Waals surface area contributed by atoms with Crippen LogP contribution in [0.3, 0.4) is 0 Å². The van der Waals surface area contributed by atoms with E-state index in [0.29, 0.717) is 21.7 Å². The molecule has 0 saturated heterocycles. The van der Waals surface area contributed by atoms with Crippen LogP contribution in [0.2, 0.25) is 0 Å². The van der Waals surface area contributed by atoms with Crippen molar-refractivity contribution in [1.82, 2.24) is 9.55 Å². The van der Waals surface area contributed by atoms with Crippen molar-refractivity contribution in [2.24, 2.45) is 0 Å². The summed E-state index contributed by atoms with van der Waals surface area (Å²) in [6, 6.07) is 6.99. The molecule has 1 N–H and O–H groups in total. The van der Waals surface area contributed by atoms with Crippen LogP contribution >= 0.6 is 11.3 Å². The summed E-state index contributed by atoms with van der Waals surface area (Å²) in [7, 11) is 1.56. The second-order valence-electron chi connectivity index (χ2n) is 5.69. The first-order chi connectivity index (χ1) is 11.2. The van der Waals surface area contributed by atoms with E-state index in [1.54, 1.807) is 42.7 Å². The number of thiophene rings is 1. The molecule has 1 aliphatic rings. The molecular weight excluding hydrogens is 312 g/mol. The first-order valence-electron chi connectivity index (χ1n) is 7.63. The molecule has 0 radical (unpaired) electrons. The van der Waals surface area contributed by atoms with E-state index in [1.165, 1.54) is 9.44 Å². The van der Waals surface area contributed by atoms with E-state index in [4.69, 9.17) is 4.74 Å². The number of hydrogen-bond acceptors (Lipinski definition) is 4. The summed E-state index contributed by atoms with van der Waals surface area (Å²) in [4.78, 5) is 30.2. The maximum Gasteiger partial charge on any atom is 0.334 e. The lowest BCUT2D eigenvalue weighted by atomic mass is 9.97. The predicted octanol–water partition coefficient (Wildman–Crippen LogP) is 2.63. The molecule has 1 aliphatic carbocycles. The van der Waals surface area contributed by atoms with Crippen molar-refractivity contribution >= 4 is 21.6 Å². The van der Waals surface area contributed by atoms with Crippen LogP contribution in [0, 0.1) is 0 Å². The highest BCUT2D eigenvalue weighted by Gasteiger charge is 2.21. The number of aryl methyl sites for hydroxylation is 2. The fourth-order valence-corrected chi connectivity index (χ4v) is 4.49. The zero-order valence-electron chi connectivity index (χ0n) is 12.7. The Kier molecular flexibility index (Phi) is 3.34. The first-order valence-corrected chi connectivity index (χ1v) is 8.44. The fraction of sp³-hybridized carbons (Fsp3) is 0.294. The molecule has 23 heavy (non-hydrogen) atoms. The van der Waals surface area contributed by atoms with Gasteiger partial charge in [-0.15, -0.1) is 11.3 Å². The monoisotopic (exact) mass is 328 g/mol. The van der Waals surface area contributed by atoms with Gasteiger partial charge in [-0.3, -0.25) is 9.78 Å². The third-order valence-electron chi connectivity index (χ3n) is 4.32. The fourth-order valence-electron chi connectivity index (χ4n) is 3.22. The molecule has 1 aromatic carbocycles. The van der Waals surface area contributed by atoms with Crippen molar-refractivity contribution < 1.29 is 4.74 Å². The molecule has 0 amide bonds. The van der Waals surface area contributed by atoms with Crippen LogP contribution in [0.15, 0.2) is 33.9 Å². The number of H-pyrrole nitrogens is 1. The van der Waals surface area contributed by atoms with Gasteiger partial charge in [0, 0.05) is 10.9 Å². The summed E-state index contributed by atoms with van der Waals surface area (Å²) in [6.07, 6.45) is 4.15. The molecule has 0 atom stereocenters. The van der Waals surface area contributed by atoms with E-state index in [2.05, 4.69) is 4.98 Å². The molecule has 0 fully saturated rings. The van der Waals surface area contributed by atoms with Crippen molar-refractivity contribution in [3.05, 3.63) is 55.5 Å². The average molecular weight is 328 g/mol. The van der Waals surface area contributed by atoms with Gasteiger partial charge < -0.3 is 4.74 Å². The minimum atomic E-state index is -0.408. The summed E-state index contributed by atoms with van der Waals surface area (Å²) < 4.78 is 6.39. The quantitative estimate of drug-likeness (QED) is 0.786. The van der Waals surface area contributed by atoms with Gasteiger partial charge in [-0.1, -0.05) is 6.07 Å². The van der Waals surface area contributed by atoms with Crippen molar-refractivity contribution in [2.75, 3.05) is 7.11 Å². The van der Waals surface area contributed by atoms with Crippen LogP contribution in [0.4, 0.5) is 0 Å². The highest BCUT2D eigenvalue weighted by molar-refractivity contribution is 7.18. The number of nitrogens with one attached hydrogen (secondary N) is 1. The second kappa shape index (κ2) is 5.38. The summed E-state index contributed by atoms with van der Waals surface area (Å²) in [5, 5.41) is 0.673. The predicted molar refractivity (Wildman–Crippen MR) is 91.2 cm³/mol. The van der Waals surface area contributed by atoms with Crippen LogP contribution in [-0.2, 0) is 12.8 Å². The highest BCUT2D eigenvalue weighted by Crippen LogP contribution is 2.33. The Labute approximate surface area is 136 Å². The van der Waals surface area contributed by atoms with E-state index >= 15 is 0 Å². The number of methoxy groups -OCH3 is 1. The summed E-state index contributed by atoms with van der Waals surface area (Å²) in [5.41, 5.74) is 0.994. The van der Waals surface area contributed by atoms with Crippen LogP contribution < -0.4 is 16.0 Å². The Morgan fingerprint density at radius 3 is 2.87 bits per heavy atom. The molecule has 6 heteroatoms. The van der Waals surface area contributed by atoms with Gasteiger partial charge in [0.2, 0.25) is 0 Å². The van der Waals surface area contributed by atoms with Crippen molar-refractivity contribution in [2.45, 2.75) is 25.7 Å². The molecule has 0 saturated carbocycles. The van der Waals surface area contributed by atoms with Gasteiger partial charge >= 0.3 is 5.69 Å². The normalized spacial score (nSPS) is 14.0. The van der Waals surface area contributed by atoms with Crippen LogP contribution in [-0.4, -0.2) is 16.7 Å². The minimum Gasteiger partial charge on any atom is -0.497 e. The van der Waals surface area contributed by atoms with E-state index in [-0.39, 0.29) is 5.56 Å². The molecule has 5 nitrogen and oxygen atoms in total. The smallest absolute Gasteiger partial charge is 0.334 e. The SMILES string of the molecule is COc1cccc(-n2c(=O)[nH]c3sc4c(c3c2=O)CCCC4)c1. The van der Waals surface area contributed by atoms with E-state index in [1.807, 2.05) is 0 Å². The van der Waals surface area contributed by atoms with Gasteiger partial charge in [0.1, 0.15) is 10.6 Å². The van der Waals surface area contributed by atoms with Gasteiger partial charge in [-0.05, 0) is 43.4 Å². The zero-order chi connectivity index (χ0) is 16.0. The molecular formula is C17H16N2O3S. The van der Waals surface area contributed by atoms with Gasteiger partial charge in [-0.25, -0.2) is 9.36 Å². The number of aromatic nitrogens is 2. The minimum absolute atomic E-state index is 0.239. The second-order valence-corrected chi connectivity index (χ2v) is 6.79. The van der Waals surface area contributed by atoms with Crippen molar-refractivity contribution in [3.63, 3.8) is 0 Å². The van der Waals surface area contributed by atoms with Gasteiger partial charge in [-0.2, -0.15) is 0 Å². The molecule has 0 aliphatic heterocycles. The lowest BCUT2D eigenvalue weighted by molar-refractivity contribution is 0.414. The number of fused-ring (bicyclic) bond motifs is 3. The van der Waals surface area contributed by atoms with Gasteiger partial charge in [0.25, 0.3) is 5.56 Å². The molecule has 0 unspecified atom stereocenters. The largest absolute Gasteiger partial charge is 0.497 e. The first kappa shape index (κ1) is 14.3. The Hall–Kier alpha value is -2.34. The number of ether oxygens (including phenoxy) is 1. The summed E-state index contributed by atoms with van der Waals surface area (Å²) in [5.74, 6) is 0.612. The third-order valence-corrected chi connectivity index (χ3v) is 5.53. The van der Waals surface area contributed by atoms with Crippen molar-refractivity contribution in [1.29, 1.82) is 0 Å². The Bertz CT molecular complexity index is 1010. The molecule has 2 aromatic heterocycles. The lowest BCUT2D eigenvalue weighted by Gasteiger charge is -2.10. The van der Waals surface area contributed by atoms with Crippen LogP contribution in [0.25, 0.3) is 15.9 Å².